The average molecular weight is 259 g/mol. The van der Waals surface area contributed by atoms with E-state index in [4.69, 9.17) is 4.74 Å². The number of anilines is 2. The Morgan fingerprint density at radius 1 is 1.28 bits per heavy atom. The maximum absolute atomic E-state index is 11.9. The van der Waals surface area contributed by atoms with Crippen molar-refractivity contribution in [2.75, 3.05) is 12.0 Å². The van der Waals surface area contributed by atoms with Crippen LogP contribution in [0.1, 0.15) is 0 Å². The minimum atomic E-state index is -0.468. The number of amides is 1. The molecule has 0 bridgehead atoms. The molecule has 0 saturated heterocycles. The molecule has 18 heavy (non-hydrogen) atoms. The average Bonchev–Trinajstić information content (AvgIpc) is 2.44. The Kier molecular flexibility index (Phi) is 2.64. The summed E-state index contributed by atoms with van der Waals surface area (Å²) in [5.74, 6) is 0.507. The number of fused-ring (bicyclic) bond motifs is 2. The van der Waals surface area contributed by atoms with Crippen LogP contribution in [0.25, 0.3) is 0 Å². The molecule has 2 heterocycles. The predicted molar refractivity (Wildman–Crippen MR) is 67.1 cm³/mol. The highest BCUT2D eigenvalue weighted by molar-refractivity contribution is 7.99. The smallest absolute Gasteiger partial charge is 0.420 e. The summed E-state index contributed by atoms with van der Waals surface area (Å²) in [6.45, 7) is 0. The number of carbonyl (C=O) groups excluding carboxylic acids is 1. The summed E-state index contributed by atoms with van der Waals surface area (Å²) in [4.78, 5) is 22.8. The number of para-hydroxylation sites is 1. The van der Waals surface area contributed by atoms with Crippen LogP contribution in [0.5, 0.6) is 0 Å². The lowest BCUT2D eigenvalue weighted by molar-refractivity contribution is 0.181. The van der Waals surface area contributed by atoms with E-state index >= 15 is 0 Å². The van der Waals surface area contributed by atoms with Gasteiger partial charge in [0.05, 0.1) is 12.8 Å². The molecule has 0 N–H and O–H groups in total. The summed E-state index contributed by atoms with van der Waals surface area (Å²) in [6, 6.07) is 7.59. The summed E-state index contributed by atoms with van der Waals surface area (Å²) in [5, 5.41) is 0.696. The van der Waals surface area contributed by atoms with Gasteiger partial charge in [-0.1, -0.05) is 23.9 Å². The second kappa shape index (κ2) is 4.30. The highest BCUT2D eigenvalue weighted by atomic mass is 32.2. The summed E-state index contributed by atoms with van der Waals surface area (Å²) < 4.78 is 4.81. The third-order valence-electron chi connectivity index (χ3n) is 2.53. The van der Waals surface area contributed by atoms with Crippen molar-refractivity contribution in [3.05, 3.63) is 36.7 Å². The fraction of sp³-hybridized carbons (Fsp3) is 0.0833. The van der Waals surface area contributed by atoms with Gasteiger partial charge in [-0.25, -0.2) is 19.7 Å². The first-order valence-corrected chi connectivity index (χ1v) is 6.09. The number of aromatic nitrogens is 2. The first-order chi connectivity index (χ1) is 8.81. The zero-order chi connectivity index (χ0) is 12.5. The molecule has 0 unspecified atom stereocenters. The molecule has 0 radical (unpaired) electrons. The first-order valence-electron chi connectivity index (χ1n) is 5.27. The van der Waals surface area contributed by atoms with Gasteiger partial charge in [-0.3, -0.25) is 0 Å². The molecule has 0 saturated carbocycles. The van der Waals surface area contributed by atoms with Crippen molar-refractivity contribution in [3.8, 4) is 0 Å². The molecule has 1 amide bonds. The molecular weight excluding hydrogens is 250 g/mol. The third kappa shape index (κ3) is 1.62. The third-order valence-corrected chi connectivity index (χ3v) is 3.57. The Morgan fingerprint density at radius 3 is 2.89 bits per heavy atom. The molecule has 0 spiro atoms. The van der Waals surface area contributed by atoms with E-state index < -0.39 is 6.09 Å². The Balaban J connectivity index is 2.20. The van der Waals surface area contributed by atoms with Crippen molar-refractivity contribution in [1.29, 1.82) is 0 Å². The van der Waals surface area contributed by atoms with Gasteiger partial charge in [-0.2, -0.15) is 0 Å². The number of ether oxygens (including phenoxy) is 1. The molecule has 3 rings (SSSR count). The number of benzene rings is 1. The zero-order valence-corrected chi connectivity index (χ0v) is 10.3. The van der Waals surface area contributed by atoms with E-state index in [9.17, 15) is 4.79 Å². The minimum absolute atomic E-state index is 0.468. The van der Waals surface area contributed by atoms with Gasteiger partial charge in [0, 0.05) is 17.3 Å². The normalized spacial score (nSPS) is 12.6. The largest absolute Gasteiger partial charge is 0.452 e. The van der Waals surface area contributed by atoms with Gasteiger partial charge in [0.2, 0.25) is 0 Å². The highest BCUT2D eigenvalue weighted by Gasteiger charge is 2.30. The van der Waals surface area contributed by atoms with Crippen LogP contribution in [0.2, 0.25) is 0 Å². The van der Waals surface area contributed by atoms with Crippen molar-refractivity contribution in [1.82, 2.24) is 9.97 Å². The quantitative estimate of drug-likeness (QED) is 0.728. The molecular formula is C12H9N3O2S. The van der Waals surface area contributed by atoms with Crippen LogP contribution in [0.3, 0.4) is 0 Å². The van der Waals surface area contributed by atoms with Crippen molar-refractivity contribution in [3.63, 3.8) is 0 Å². The molecule has 1 aromatic carbocycles. The van der Waals surface area contributed by atoms with Gasteiger partial charge in [0.15, 0.2) is 5.82 Å². The molecule has 1 aliphatic rings. The summed E-state index contributed by atoms with van der Waals surface area (Å²) in [7, 11) is 1.35. The summed E-state index contributed by atoms with van der Waals surface area (Å²) >= 11 is 1.49. The Hall–Kier alpha value is -2.08. The first kappa shape index (κ1) is 11.0. The number of hydrogen-bond donors (Lipinski definition) is 0. The lowest BCUT2D eigenvalue weighted by Crippen LogP contribution is -2.29. The van der Waals surface area contributed by atoms with Gasteiger partial charge >= 0.3 is 6.09 Å². The SMILES string of the molecule is COC(=O)N1c2ccccc2Sc2nccnc21. The van der Waals surface area contributed by atoms with E-state index in [-0.39, 0.29) is 0 Å². The van der Waals surface area contributed by atoms with Crippen LogP contribution in [-0.4, -0.2) is 23.2 Å². The number of nitrogens with zero attached hydrogens (tertiary/aromatic N) is 3. The van der Waals surface area contributed by atoms with Crippen molar-refractivity contribution in [2.45, 2.75) is 9.92 Å². The zero-order valence-electron chi connectivity index (χ0n) is 9.53. The molecule has 2 aromatic rings. The molecule has 0 aliphatic carbocycles. The van der Waals surface area contributed by atoms with E-state index in [0.717, 1.165) is 10.6 Å². The monoisotopic (exact) mass is 259 g/mol. The highest BCUT2D eigenvalue weighted by Crippen LogP contribution is 2.45. The van der Waals surface area contributed by atoms with Crippen LogP contribution in [0.4, 0.5) is 16.3 Å². The lowest BCUT2D eigenvalue weighted by atomic mass is 10.3. The molecule has 90 valence electrons. The van der Waals surface area contributed by atoms with E-state index in [0.29, 0.717) is 10.8 Å². The van der Waals surface area contributed by atoms with Crippen LogP contribution in [0.15, 0.2) is 46.6 Å². The van der Waals surface area contributed by atoms with Crippen molar-refractivity contribution in [2.24, 2.45) is 0 Å². The van der Waals surface area contributed by atoms with Crippen molar-refractivity contribution < 1.29 is 9.53 Å². The molecule has 1 aliphatic heterocycles. The number of hydrogen-bond acceptors (Lipinski definition) is 5. The Labute approximate surface area is 108 Å². The number of rotatable bonds is 0. The summed E-state index contributed by atoms with van der Waals surface area (Å²) in [5.41, 5.74) is 0.766. The molecule has 0 atom stereocenters. The predicted octanol–water partition coefficient (Wildman–Crippen LogP) is 2.85. The summed E-state index contributed by atoms with van der Waals surface area (Å²) in [6.07, 6.45) is 2.70. The minimum Gasteiger partial charge on any atom is -0.452 e. The van der Waals surface area contributed by atoms with Crippen LogP contribution >= 0.6 is 11.8 Å². The standard InChI is InChI=1S/C12H9N3O2S/c1-17-12(16)15-8-4-2-3-5-9(8)18-11-10(15)13-6-7-14-11/h2-7H,1H3. The van der Waals surface area contributed by atoms with E-state index in [1.807, 2.05) is 24.3 Å². The molecule has 6 heteroatoms. The molecule has 1 aromatic heterocycles. The topological polar surface area (TPSA) is 55.3 Å². The fourth-order valence-corrected chi connectivity index (χ4v) is 2.73. The van der Waals surface area contributed by atoms with Gasteiger partial charge in [-0.05, 0) is 12.1 Å². The van der Waals surface area contributed by atoms with Crippen LogP contribution < -0.4 is 4.90 Å². The Bertz CT molecular complexity index is 572. The molecule has 5 nitrogen and oxygen atoms in total. The van der Waals surface area contributed by atoms with Gasteiger partial charge < -0.3 is 4.74 Å². The maximum Gasteiger partial charge on any atom is 0.420 e. The second-order valence-electron chi connectivity index (χ2n) is 3.56. The fourth-order valence-electron chi connectivity index (χ4n) is 1.77. The lowest BCUT2D eigenvalue weighted by Gasteiger charge is -2.27. The van der Waals surface area contributed by atoms with Crippen LogP contribution in [0, 0.1) is 0 Å². The Morgan fingerprint density at radius 2 is 2.06 bits per heavy atom. The molecule has 0 fully saturated rings. The van der Waals surface area contributed by atoms with Gasteiger partial charge in [-0.15, -0.1) is 0 Å². The van der Waals surface area contributed by atoms with Crippen molar-refractivity contribution >= 4 is 29.4 Å². The number of methoxy groups -OCH3 is 1. The van der Waals surface area contributed by atoms with E-state index in [1.165, 1.54) is 23.8 Å². The van der Waals surface area contributed by atoms with E-state index in [1.54, 1.807) is 12.4 Å². The van der Waals surface area contributed by atoms with Crippen LogP contribution in [-0.2, 0) is 4.74 Å². The van der Waals surface area contributed by atoms with Gasteiger partial charge in [0.1, 0.15) is 5.03 Å². The second-order valence-corrected chi connectivity index (χ2v) is 4.59. The van der Waals surface area contributed by atoms with E-state index in [2.05, 4.69) is 9.97 Å². The maximum atomic E-state index is 11.9. The van der Waals surface area contributed by atoms with Gasteiger partial charge in [0.25, 0.3) is 0 Å². The number of carbonyl (C=O) groups is 1.